The lowest BCUT2D eigenvalue weighted by Crippen LogP contribution is -2.47. The van der Waals surface area contributed by atoms with Crippen LogP contribution in [-0.4, -0.2) is 45.8 Å². The van der Waals surface area contributed by atoms with Crippen molar-refractivity contribution in [2.45, 2.75) is 37.5 Å². The largest absolute Gasteiger partial charge is 0.511 e. The number of aromatic amines is 1. The van der Waals surface area contributed by atoms with E-state index in [4.69, 9.17) is 0 Å². The number of sulfonamides is 1. The van der Waals surface area contributed by atoms with E-state index in [1.807, 2.05) is 23.1 Å². The Labute approximate surface area is 184 Å². The van der Waals surface area contributed by atoms with E-state index >= 15 is 0 Å². The highest BCUT2D eigenvalue weighted by molar-refractivity contribution is 7.89. The summed E-state index contributed by atoms with van der Waals surface area (Å²) in [5.74, 6) is 0. The summed E-state index contributed by atoms with van der Waals surface area (Å²) in [6.45, 7) is -0.267. The number of H-pyrrole nitrogens is 1. The van der Waals surface area contributed by atoms with Crippen LogP contribution in [0.1, 0.15) is 23.2 Å². The summed E-state index contributed by atoms with van der Waals surface area (Å²) in [4.78, 5) is 13.0. The van der Waals surface area contributed by atoms with Crippen LogP contribution >= 0.6 is 0 Å². The third-order valence-corrected chi connectivity index (χ3v) is 7.09. The van der Waals surface area contributed by atoms with Gasteiger partial charge in [-0.05, 0) is 42.2 Å². The van der Waals surface area contributed by atoms with Crippen LogP contribution < -0.4 is 4.90 Å². The van der Waals surface area contributed by atoms with E-state index < -0.39 is 21.6 Å². The molecular formula is C21H22F3N5O2S. The summed E-state index contributed by atoms with van der Waals surface area (Å²) in [5.41, 5.74) is -2.38. The standard InChI is InChI=1S/C21H22F3N5O2S/c22-21(23,24)32(30,31)28-12-17-3-1-2-4-20(17)29(13-18-11-26-15-27-18)19(14-28)6-5-16-7-9-25-10-8-16/h1-4,7-11,15,19H,5-6,12-14H2,(H,26,27)/t19-/m1/s1. The number of pyridine rings is 1. The number of imidazole rings is 1. The Morgan fingerprint density at radius 1 is 1.09 bits per heavy atom. The first kappa shape index (κ1) is 22.3. The highest BCUT2D eigenvalue weighted by Gasteiger charge is 2.51. The number of rotatable bonds is 6. The normalized spacial score (nSPS) is 17.7. The molecule has 1 atom stereocenters. The number of para-hydroxylation sites is 1. The zero-order chi connectivity index (χ0) is 22.8. The number of aromatic nitrogens is 3. The zero-order valence-corrected chi connectivity index (χ0v) is 17.9. The Bertz CT molecular complexity index is 1140. The van der Waals surface area contributed by atoms with Crippen LogP contribution in [0.5, 0.6) is 0 Å². The van der Waals surface area contributed by atoms with Gasteiger partial charge in [0.2, 0.25) is 0 Å². The SMILES string of the molecule is O=S(=O)(N1Cc2ccccc2N(Cc2cnc[nH]2)[C@H](CCc2ccncc2)C1)C(F)(F)F. The summed E-state index contributed by atoms with van der Waals surface area (Å²) < 4.78 is 65.6. The molecule has 1 N–H and O–H groups in total. The second kappa shape index (κ2) is 8.91. The average Bonchev–Trinajstić information content (AvgIpc) is 3.22. The number of benzene rings is 1. The lowest BCUT2D eigenvalue weighted by Gasteiger charge is -2.34. The zero-order valence-electron chi connectivity index (χ0n) is 17.0. The molecule has 0 fully saturated rings. The highest BCUT2D eigenvalue weighted by Crippen LogP contribution is 2.35. The Kier molecular flexibility index (Phi) is 6.20. The summed E-state index contributed by atoms with van der Waals surface area (Å²) >= 11 is 0. The van der Waals surface area contributed by atoms with Crippen LogP contribution in [0.2, 0.25) is 0 Å². The molecular weight excluding hydrogens is 443 g/mol. The van der Waals surface area contributed by atoms with Crippen LogP contribution in [0.4, 0.5) is 18.9 Å². The summed E-state index contributed by atoms with van der Waals surface area (Å²) in [6, 6.07) is 10.2. The first-order valence-corrected chi connectivity index (χ1v) is 11.5. The van der Waals surface area contributed by atoms with Crippen LogP contribution in [0, 0.1) is 0 Å². The molecule has 11 heteroatoms. The number of nitrogens with one attached hydrogen (secondary N) is 1. The Morgan fingerprint density at radius 3 is 2.53 bits per heavy atom. The van der Waals surface area contributed by atoms with Gasteiger partial charge < -0.3 is 9.88 Å². The van der Waals surface area contributed by atoms with Gasteiger partial charge in [0.05, 0.1) is 18.6 Å². The number of hydrogen-bond acceptors (Lipinski definition) is 5. The maximum atomic E-state index is 13.4. The monoisotopic (exact) mass is 465 g/mol. The Balaban J connectivity index is 1.73. The van der Waals surface area contributed by atoms with Gasteiger partial charge in [0.15, 0.2) is 0 Å². The van der Waals surface area contributed by atoms with E-state index in [0.717, 1.165) is 11.3 Å². The van der Waals surface area contributed by atoms with Gasteiger partial charge in [0, 0.05) is 43.4 Å². The average molecular weight is 466 g/mol. The minimum Gasteiger partial charge on any atom is -0.361 e. The maximum Gasteiger partial charge on any atom is 0.511 e. The number of aryl methyl sites for hydroxylation is 1. The molecule has 3 aromatic rings. The van der Waals surface area contributed by atoms with Gasteiger partial charge in [0.25, 0.3) is 0 Å². The number of nitrogens with zero attached hydrogens (tertiary/aromatic N) is 4. The van der Waals surface area contributed by atoms with Gasteiger partial charge in [-0.2, -0.15) is 17.5 Å². The van der Waals surface area contributed by atoms with E-state index in [9.17, 15) is 21.6 Å². The van der Waals surface area contributed by atoms with Crippen molar-refractivity contribution >= 4 is 15.7 Å². The predicted octanol–water partition coefficient (Wildman–Crippen LogP) is 3.48. The van der Waals surface area contributed by atoms with Crippen molar-refractivity contribution in [1.29, 1.82) is 0 Å². The third-order valence-electron chi connectivity index (χ3n) is 5.55. The Hall–Kier alpha value is -2.92. The highest BCUT2D eigenvalue weighted by atomic mass is 32.2. The minimum atomic E-state index is -5.49. The molecule has 0 amide bonds. The lowest BCUT2D eigenvalue weighted by molar-refractivity contribution is -0.0492. The van der Waals surface area contributed by atoms with Crippen molar-refractivity contribution in [2.24, 2.45) is 0 Å². The number of fused-ring (bicyclic) bond motifs is 1. The maximum absolute atomic E-state index is 13.4. The van der Waals surface area contributed by atoms with Gasteiger partial charge in [0.1, 0.15) is 0 Å². The molecule has 0 radical (unpaired) electrons. The van der Waals surface area contributed by atoms with Crippen molar-refractivity contribution in [3.05, 3.63) is 78.1 Å². The molecule has 0 saturated carbocycles. The van der Waals surface area contributed by atoms with Gasteiger partial charge in [-0.1, -0.05) is 18.2 Å². The first-order valence-electron chi connectivity index (χ1n) is 10.0. The number of alkyl halides is 3. The van der Waals surface area contributed by atoms with Gasteiger partial charge in [-0.15, -0.1) is 0 Å². The number of halogens is 3. The lowest BCUT2D eigenvalue weighted by atomic mass is 10.0. The molecule has 32 heavy (non-hydrogen) atoms. The van der Waals surface area contributed by atoms with Crippen LogP contribution in [0.3, 0.4) is 0 Å². The summed E-state index contributed by atoms with van der Waals surface area (Å²) in [5, 5.41) is 0. The smallest absolute Gasteiger partial charge is 0.361 e. The molecule has 0 aliphatic carbocycles. The fourth-order valence-corrected chi connectivity index (χ4v) is 4.91. The van der Waals surface area contributed by atoms with Crippen molar-refractivity contribution < 1.29 is 21.6 Å². The molecule has 2 aromatic heterocycles. The van der Waals surface area contributed by atoms with Gasteiger partial charge in [-0.3, -0.25) is 4.98 Å². The van der Waals surface area contributed by atoms with E-state index in [1.54, 1.807) is 36.8 Å². The van der Waals surface area contributed by atoms with E-state index in [0.29, 0.717) is 34.9 Å². The van der Waals surface area contributed by atoms with Crippen molar-refractivity contribution in [1.82, 2.24) is 19.3 Å². The Morgan fingerprint density at radius 2 is 1.84 bits per heavy atom. The van der Waals surface area contributed by atoms with Crippen molar-refractivity contribution in [3.8, 4) is 0 Å². The summed E-state index contributed by atoms with van der Waals surface area (Å²) in [6.07, 6.45) is 7.51. The fraction of sp³-hybridized carbons (Fsp3) is 0.333. The van der Waals surface area contributed by atoms with Crippen molar-refractivity contribution in [3.63, 3.8) is 0 Å². The van der Waals surface area contributed by atoms with E-state index in [1.165, 1.54) is 6.33 Å². The molecule has 0 bridgehead atoms. The molecule has 170 valence electrons. The molecule has 4 rings (SSSR count). The molecule has 1 aliphatic heterocycles. The summed E-state index contributed by atoms with van der Waals surface area (Å²) in [7, 11) is -5.49. The quantitative estimate of drug-likeness (QED) is 0.603. The molecule has 0 unspecified atom stereocenters. The van der Waals surface area contributed by atoms with Crippen LogP contribution in [0.25, 0.3) is 0 Å². The predicted molar refractivity (Wildman–Crippen MR) is 113 cm³/mol. The first-order chi connectivity index (χ1) is 15.3. The second-order valence-electron chi connectivity index (χ2n) is 7.62. The molecule has 0 saturated heterocycles. The molecule has 7 nitrogen and oxygen atoms in total. The van der Waals surface area contributed by atoms with Crippen LogP contribution in [0.15, 0.2) is 61.3 Å². The van der Waals surface area contributed by atoms with Gasteiger partial charge in [-0.25, -0.2) is 13.4 Å². The van der Waals surface area contributed by atoms with Gasteiger partial charge >= 0.3 is 15.5 Å². The molecule has 3 heterocycles. The fourth-order valence-electron chi connectivity index (χ4n) is 3.94. The van der Waals surface area contributed by atoms with Crippen molar-refractivity contribution in [2.75, 3.05) is 11.4 Å². The van der Waals surface area contributed by atoms with E-state index in [2.05, 4.69) is 15.0 Å². The van der Waals surface area contributed by atoms with Crippen LogP contribution in [-0.2, 0) is 29.5 Å². The molecule has 1 aliphatic rings. The minimum absolute atomic E-state index is 0.282. The molecule has 0 spiro atoms. The number of anilines is 1. The van der Waals surface area contributed by atoms with E-state index in [-0.39, 0.29) is 13.1 Å². The second-order valence-corrected chi connectivity index (χ2v) is 9.55. The number of hydrogen-bond donors (Lipinski definition) is 1. The molecule has 1 aromatic carbocycles. The topological polar surface area (TPSA) is 82.2 Å². The third kappa shape index (κ3) is 4.63.